The van der Waals surface area contributed by atoms with Crippen molar-refractivity contribution in [2.45, 2.75) is 25.4 Å². The Morgan fingerprint density at radius 3 is 2.00 bits per heavy atom. The van der Waals surface area contributed by atoms with Crippen LogP contribution in [0.15, 0.2) is 0 Å². The lowest BCUT2D eigenvalue weighted by Gasteiger charge is -2.22. The molecule has 0 aromatic rings. The molecule has 0 rings (SSSR count). The first kappa shape index (κ1) is 9.82. The van der Waals surface area contributed by atoms with Gasteiger partial charge in [-0.25, -0.2) is 0 Å². The highest BCUT2D eigenvalue weighted by molar-refractivity contribution is 7.53. The van der Waals surface area contributed by atoms with E-state index in [-0.39, 0.29) is 6.42 Å². The maximum Gasteiger partial charge on any atom is 0.331 e. The molecular weight excluding hydrogens is 155 g/mol. The molecule has 0 aliphatic heterocycles. The lowest BCUT2D eigenvalue weighted by molar-refractivity contribution is -0.108. The molecule has 0 saturated heterocycles. The Morgan fingerprint density at radius 1 is 1.50 bits per heavy atom. The van der Waals surface area contributed by atoms with Crippen LogP contribution in [0.3, 0.4) is 0 Å². The highest BCUT2D eigenvalue weighted by atomic mass is 31.2. The second-order valence-corrected chi connectivity index (χ2v) is 5.03. The van der Waals surface area contributed by atoms with Crippen LogP contribution in [0, 0.1) is 0 Å². The standard InChI is InChI=1S/C5H11O4P/c1-5(2,3-4-6)10(7,8)9/h4H,3H2,1-2H3,(H2,7,8,9). The smallest absolute Gasteiger partial charge is 0.324 e. The first-order chi connectivity index (χ1) is 4.31. The summed E-state index contributed by atoms with van der Waals surface area (Å²) in [5.74, 6) is 0. The lowest BCUT2D eigenvalue weighted by Crippen LogP contribution is -2.20. The van der Waals surface area contributed by atoms with Crippen molar-refractivity contribution in [1.82, 2.24) is 0 Å². The zero-order chi connectivity index (χ0) is 8.41. The van der Waals surface area contributed by atoms with Crippen LogP contribution in [0.1, 0.15) is 20.3 Å². The quantitative estimate of drug-likeness (QED) is 0.473. The third-order valence-corrected chi connectivity index (χ3v) is 3.13. The lowest BCUT2D eigenvalue weighted by atomic mass is 10.1. The Labute approximate surface area is 59.4 Å². The van der Waals surface area contributed by atoms with Gasteiger partial charge in [-0.3, -0.25) is 4.57 Å². The second-order valence-electron chi connectivity index (χ2n) is 2.73. The molecule has 0 heterocycles. The molecule has 2 N–H and O–H groups in total. The summed E-state index contributed by atoms with van der Waals surface area (Å²) in [6, 6.07) is 0. The average Bonchev–Trinajstić information content (AvgIpc) is 1.61. The topological polar surface area (TPSA) is 74.6 Å². The van der Waals surface area contributed by atoms with Gasteiger partial charge in [-0.15, -0.1) is 0 Å². The maximum absolute atomic E-state index is 10.6. The van der Waals surface area contributed by atoms with Crippen molar-refractivity contribution in [3.63, 3.8) is 0 Å². The molecule has 0 bridgehead atoms. The Balaban J connectivity index is 4.40. The summed E-state index contributed by atoms with van der Waals surface area (Å²) < 4.78 is 10.6. The Bertz CT molecular complexity index is 168. The van der Waals surface area contributed by atoms with Gasteiger partial charge in [0.1, 0.15) is 6.29 Å². The molecule has 0 aromatic heterocycles. The third kappa shape index (κ3) is 2.21. The molecule has 4 nitrogen and oxygen atoms in total. The van der Waals surface area contributed by atoms with Gasteiger partial charge in [-0.2, -0.15) is 0 Å². The fourth-order valence-corrected chi connectivity index (χ4v) is 0.635. The molecule has 0 amide bonds. The van der Waals surface area contributed by atoms with Gasteiger partial charge in [-0.05, 0) is 13.8 Å². The zero-order valence-electron chi connectivity index (χ0n) is 5.94. The van der Waals surface area contributed by atoms with Crippen molar-refractivity contribution in [3.8, 4) is 0 Å². The second kappa shape index (κ2) is 2.82. The summed E-state index contributed by atoms with van der Waals surface area (Å²) in [7, 11) is -4.12. The zero-order valence-corrected chi connectivity index (χ0v) is 6.84. The first-order valence-electron chi connectivity index (χ1n) is 2.80. The number of rotatable bonds is 3. The normalized spacial score (nSPS) is 13.2. The fraction of sp³-hybridized carbons (Fsp3) is 0.800. The van der Waals surface area contributed by atoms with Crippen molar-refractivity contribution in [1.29, 1.82) is 0 Å². The van der Waals surface area contributed by atoms with E-state index in [1.807, 2.05) is 0 Å². The van der Waals surface area contributed by atoms with Gasteiger partial charge < -0.3 is 14.6 Å². The van der Waals surface area contributed by atoms with E-state index >= 15 is 0 Å². The van der Waals surface area contributed by atoms with Crippen molar-refractivity contribution >= 4 is 13.9 Å². The van der Waals surface area contributed by atoms with E-state index in [0.29, 0.717) is 6.29 Å². The molecule has 0 aliphatic rings. The minimum absolute atomic E-state index is 0.114. The molecule has 60 valence electrons. The third-order valence-electron chi connectivity index (χ3n) is 1.37. The average molecular weight is 166 g/mol. The Hall–Kier alpha value is -0.180. The summed E-state index contributed by atoms with van der Waals surface area (Å²) in [6.45, 7) is 2.73. The van der Waals surface area contributed by atoms with Crippen LogP contribution in [-0.4, -0.2) is 21.2 Å². The van der Waals surface area contributed by atoms with E-state index in [0.717, 1.165) is 0 Å². The SMILES string of the molecule is CC(C)(CC=O)P(=O)(O)O. The van der Waals surface area contributed by atoms with Crippen LogP contribution in [0.2, 0.25) is 0 Å². The summed E-state index contributed by atoms with van der Waals surface area (Å²) in [5, 5.41) is -1.21. The minimum atomic E-state index is -4.12. The summed E-state index contributed by atoms with van der Waals surface area (Å²) in [4.78, 5) is 27.2. The fourth-order valence-electron chi connectivity index (χ4n) is 0.323. The Kier molecular flexibility index (Phi) is 2.77. The molecular formula is C5H11O4P. The van der Waals surface area contributed by atoms with Gasteiger partial charge in [0.15, 0.2) is 0 Å². The highest BCUT2D eigenvalue weighted by Crippen LogP contribution is 2.51. The molecule has 5 heteroatoms. The van der Waals surface area contributed by atoms with Gasteiger partial charge >= 0.3 is 7.60 Å². The van der Waals surface area contributed by atoms with Gasteiger partial charge in [0.2, 0.25) is 0 Å². The van der Waals surface area contributed by atoms with Gasteiger partial charge in [-0.1, -0.05) is 0 Å². The van der Waals surface area contributed by atoms with Crippen LogP contribution in [-0.2, 0) is 9.36 Å². The molecule has 0 saturated carbocycles. The predicted molar refractivity (Wildman–Crippen MR) is 36.8 cm³/mol. The van der Waals surface area contributed by atoms with Crippen molar-refractivity contribution in [3.05, 3.63) is 0 Å². The Morgan fingerprint density at radius 2 is 1.90 bits per heavy atom. The van der Waals surface area contributed by atoms with Gasteiger partial charge in [0, 0.05) is 6.42 Å². The molecule has 0 fully saturated rings. The molecule has 0 radical (unpaired) electrons. The number of hydrogen-bond acceptors (Lipinski definition) is 2. The summed E-state index contributed by atoms with van der Waals surface area (Å²) in [5.41, 5.74) is 0. The molecule has 10 heavy (non-hydrogen) atoms. The van der Waals surface area contributed by atoms with E-state index in [1.165, 1.54) is 13.8 Å². The molecule has 0 atom stereocenters. The van der Waals surface area contributed by atoms with Gasteiger partial charge in [0.05, 0.1) is 5.16 Å². The van der Waals surface area contributed by atoms with E-state index in [9.17, 15) is 9.36 Å². The number of carbonyl (C=O) groups is 1. The van der Waals surface area contributed by atoms with Crippen LogP contribution in [0.25, 0.3) is 0 Å². The summed E-state index contributed by atoms with van der Waals surface area (Å²) in [6.07, 6.45) is 0.399. The van der Waals surface area contributed by atoms with E-state index in [4.69, 9.17) is 9.79 Å². The van der Waals surface area contributed by atoms with E-state index in [2.05, 4.69) is 0 Å². The molecule has 0 aliphatic carbocycles. The monoisotopic (exact) mass is 166 g/mol. The molecule has 0 unspecified atom stereocenters. The largest absolute Gasteiger partial charge is 0.331 e. The van der Waals surface area contributed by atoms with Crippen molar-refractivity contribution < 1.29 is 19.1 Å². The number of aldehydes is 1. The van der Waals surface area contributed by atoms with Crippen LogP contribution in [0.4, 0.5) is 0 Å². The van der Waals surface area contributed by atoms with Crippen LogP contribution in [0.5, 0.6) is 0 Å². The maximum atomic E-state index is 10.6. The number of hydrogen-bond donors (Lipinski definition) is 2. The number of carbonyl (C=O) groups excluding carboxylic acids is 1. The van der Waals surface area contributed by atoms with Crippen molar-refractivity contribution in [2.24, 2.45) is 0 Å². The molecule has 0 aromatic carbocycles. The van der Waals surface area contributed by atoms with E-state index in [1.54, 1.807) is 0 Å². The molecule has 0 spiro atoms. The first-order valence-corrected chi connectivity index (χ1v) is 4.42. The van der Waals surface area contributed by atoms with Crippen LogP contribution < -0.4 is 0 Å². The minimum Gasteiger partial charge on any atom is -0.324 e. The predicted octanol–water partition coefficient (Wildman–Crippen LogP) is 0.532. The van der Waals surface area contributed by atoms with E-state index < -0.39 is 12.8 Å². The summed E-state index contributed by atoms with van der Waals surface area (Å²) >= 11 is 0. The van der Waals surface area contributed by atoms with Crippen molar-refractivity contribution in [2.75, 3.05) is 0 Å². The highest BCUT2D eigenvalue weighted by Gasteiger charge is 2.36. The van der Waals surface area contributed by atoms with Gasteiger partial charge in [0.25, 0.3) is 0 Å². The van der Waals surface area contributed by atoms with Crippen LogP contribution >= 0.6 is 7.60 Å².